The molecule has 0 spiro atoms. The Morgan fingerprint density at radius 2 is 1.70 bits per heavy atom. The van der Waals surface area contributed by atoms with E-state index in [1.165, 1.54) is 5.57 Å². The molecule has 1 aliphatic rings. The van der Waals surface area contributed by atoms with Gasteiger partial charge in [-0.05, 0) is 91.0 Å². The third-order valence-electron chi connectivity index (χ3n) is 8.87. The maximum absolute atomic E-state index is 14.7. The standard InChI is InChI=1S/C37H40F3N3/c1-3-5-12-28-17-19-29(20-18-28)31-13-11-14-32(27-31)30-21-23-33(24-22-30)36(4-2,37(38,39)40)25-9-6-10-26-43-35-16-8-7-15-34(35)41-42-43/h3,5,7-8,11,13-17,19-24,27-28H,4,6,9-10,12,18,25-26H2,1-2H3. The summed E-state index contributed by atoms with van der Waals surface area (Å²) < 4.78 is 46.0. The SMILES string of the molecule is CC=CCC1C=CC(c2cccc(-c3ccc(C(CC)(CCCCCn4nnc5ccccc54)C(F)(F)F)cc3)c2)=CC1. The van der Waals surface area contributed by atoms with Crippen LogP contribution in [0.2, 0.25) is 0 Å². The van der Waals surface area contributed by atoms with Crippen molar-refractivity contribution in [2.75, 3.05) is 0 Å². The number of benzene rings is 3. The summed E-state index contributed by atoms with van der Waals surface area (Å²) in [7, 11) is 0. The van der Waals surface area contributed by atoms with Gasteiger partial charge in [-0.3, -0.25) is 0 Å². The Morgan fingerprint density at radius 3 is 2.42 bits per heavy atom. The highest BCUT2D eigenvalue weighted by Gasteiger charge is 2.53. The first-order chi connectivity index (χ1) is 20.8. The fourth-order valence-corrected chi connectivity index (χ4v) is 6.20. The first kappa shape index (κ1) is 30.5. The molecule has 5 rings (SSSR count). The monoisotopic (exact) mass is 583 g/mol. The van der Waals surface area contributed by atoms with Gasteiger partial charge in [-0.2, -0.15) is 13.2 Å². The molecule has 0 fully saturated rings. The van der Waals surface area contributed by atoms with Crippen LogP contribution in [0.15, 0.2) is 103 Å². The molecule has 0 saturated heterocycles. The molecule has 2 atom stereocenters. The number of aromatic nitrogens is 3. The maximum Gasteiger partial charge on any atom is 0.398 e. The van der Waals surface area contributed by atoms with E-state index < -0.39 is 11.6 Å². The number of hydrogen-bond acceptors (Lipinski definition) is 2. The summed E-state index contributed by atoms with van der Waals surface area (Å²) in [4.78, 5) is 0. The summed E-state index contributed by atoms with van der Waals surface area (Å²) in [6, 6.07) is 23.1. The minimum atomic E-state index is -4.34. The molecule has 0 bridgehead atoms. The number of halogens is 3. The predicted octanol–water partition coefficient (Wildman–Crippen LogP) is 10.5. The van der Waals surface area contributed by atoms with Crippen LogP contribution in [-0.4, -0.2) is 21.2 Å². The van der Waals surface area contributed by atoms with E-state index in [2.05, 4.69) is 52.8 Å². The molecule has 4 aromatic rings. The number of unbranched alkanes of at least 4 members (excludes halogenated alkanes) is 2. The van der Waals surface area contributed by atoms with E-state index in [0.29, 0.717) is 30.9 Å². The molecule has 224 valence electrons. The zero-order valence-corrected chi connectivity index (χ0v) is 25.0. The maximum atomic E-state index is 14.7. The van der Waals surface area contributed by atoms with Gasteiger partial charge in [0.2, 0.25) is 0 Å². The Morgan fingerprint density at radius 1 is 0.907 bits per heavy atom. The van der Waals surface area contributed by atoms with E-state index in [0.717, 1.165) is 47.0 Å². The minimum absolute atomic E-state index is 0.00851. The summed E-state index contributed by atoms with van der Waals surface area (Å²) in [6.07, 6.45) is 10.7. The first-order valence-electron chi connectivity index (χ1n) is 15.4. The van der Waals surface area contributed by atoms with Crippen LogP contribution in [0.25, 0.3) is 27.7 Å². The Balaban J connectivity index is 1.26. The van der Waals surface area contributed by atoms with E-state index in [1.807, 2.05) is 60.1 Å². The van der Waals surface area contributed by atoms with Crippen molar-refractivity contribution in [3.8, 4) is 11.1 Å². The van der Waals surface area contributed by atoms with Gasteiger partial charge in [0, 0.05) is 6.54 Å². The van der Waals surface area contributed by atoms with E-state index >= 15 is 0 Å². The van der Waals surface area contributed by atoms with Gasteiger partial charge in [-0.15, -0.1) is 5.10 Å². The molecular formula is C37H40F3N3. The Bertz CT molecular complexity index is 1590. The number of para-hydroxylation sites is 1. The van der Waals surface area contributed by atoms with Gasteiger partial charge >= 0.3 is 6.18 Å². The van der Waals surface area contributed by atoms with Gasteiger partial charge in [-0.25, -0.2) is 4.68 Å². The first-order valence-corrected chi connectivity index (χ1v) is 15.4. The van der Waals surface area contributed by atoms with Crippen molar-refractivity contribution in [2.24, 2.45) is 5.92 Å². The summed E-state index contributed by atoms with van der Waals surface area (Å²) in [5, 5.41) is 8.37. The molecule has 0 radical (unpaired) electrons. The predicted molar refractivity (Wildman–Crippen MR) is 171 cm³/mol. The molecular weight excluding hydrogens is 543 g/mol. The molecule has 1 aromatic heterocycles. The molecule has 3 nitrogen and oxygen atoms in total. The van der Waals surface area contributed by atoms with Crippen molar-refractivity contribution in [2.45, 2.75) is 76.9 Å². The van der Waals surface area contributed by atoms with Crippen molar-refractivity contribution in [3.05, 3.63) is 114 Å². The smallest absolute Gasteiger partial charge is 0.245 e. The fraction of sp³-hybridized carbons (Fsp3) is 0.351. The summed E-state index contributed by atoms with van der Waals surface area (Å²) in [5.74, 6) is 0.525. The van der Waals surface area contributed by atoms with E-state index in [1.54, 1.807) is 19.1 Å². The number of nitrogens with zero attached hydrogens (tertiary/aromatic N) is 3. The lowest BCUT2D eigenvalue weighted by Crippen LogP contribution is -2.42. The summed E-state index contributed by atoms with van der Waals surface area (Å²) in [5.41, 5.74) is 4.49. The Hall–Kier alpha value is -3.93. The van der Waals surface area contributed by atoms with Gasteiger partial charge in [0.25, 0.3) is 0 Å². The van der Waals surface area contributed by atoms with Crippen LogP contribution in [0.5, 0.6) is 0 Å². The van der Waals surface area contributed by atoms with E-state index in [9.17, 15) is 13.2 Å². The summed E-state index contributed by atoms with van der Waals surface area (Å²) in [6.45, 7) is 4.34. The molecule has 43 heavy (non-hydrogen) atoms. The Labute approximate surface area is 252 Å². The topological polar surface area (TPSA) is 30.7 Å². The number of fused-ring (bicyclic) bond motifs is 1. The second-order valence-corrected chi connectivity index (χ2v) is 11.5. The molecule has 6 heteroatoms. The number of hydrogen-bond donors (Lipinski definition) is 0. The van der Waals surface area contributed by atoms with E-state index in [4.69, 9.17) is 0 Å². The van der Waals surface area contributed by atoms with Gasteiger partial charge in [0.05, 0.1) is 10.9 Å². The molecule has 0 aliphatic heterocycles. The largest absolute Gasteiger partial charge is 0.398 e. The van der Waals surface area contributed by atoms with Crippen molar-refractivity contribution in [1.29, 1.82) is 0 Å². The lowest BCUT2D eigenvalue weighted by Gasteiger charge is -2.36. The van der Waals surface area contributed by atoms with Crippen LogP contribution < -0.4 is 0 Å². The highest BCUT2D eigenvalue weighted by molar-refractivity contribution is 5.78. The Kier molecular flexibility index (Phi) is 9.64. The molecule has 0 amide bonds. The van der Waals surface area contributed by atoms with Crippen molar-refractivity contribution < 1.29 is 13.2 Å². The number of alkyl halides is 3. The number of rotatable bonds is 12. The molecule has 0 saturated carbocycles. The van der Waals surface area contributed by atoms with Gasteiger partial charge in [-0.1, -0.05) is 110 Å². The highest BCUT2D eigenvalue weighted by atomic mass is 19.4. The zero-order chi connectivity index (χ0) is 30.3. The average molecular weight is 584 g/mol. The van der Waals surface area contributed by atoms with E-state index in [-0.39, 0.29) is 12.8 Å². The quantitative estimate of drug-likeness (QED) is 0.123. The van der Waals surface area contributed by atoms with Gasteiger partial charge < -0.3 is 0 Å². The normalized spacial score (nSPS) is 17.0. The lowest BCUT2D eigenvalue weighted by molar-refractivity contribution is -0.194. The highest BCUT2D eigenvalue weighted by Crippen LogP contribution is 2.48. The van der Waals surface area contributed by atoms with Crippen LogP contribution in [0.4, 0.5) is 13.2 Å². The van der Waals surface area contributed by atoms with Crippen LogP contribution in [-0.2, 0) is 12.0 Å². The second kappa shape index (κ2) is 13.6. The van der Waals surface area contributed by atoms with Crippen LogP contribution in [0.3, 0.4) is 0 Å². The third-order valence-corrected chi connectivity index (χ3v) is 8.87. The molecule has 0 N–H and O–H groups in total. The molecule has 2 unspecified atom stereocenters. The second-order valence-electron chi connectivity index (χ2n) is 11.5. The van der Waals surface area contributed by atoms with Crippen molar-refractivity contribution in [1.82, 2.24) is 15.0 Å². The van der Waals surface area contributed by atoms with Gasteiger partial charge in [0.15, 0.2) is 0 Å². The zero-order valence-electron chi connectivity index (χ0n) is 25.0. The molecule has 1 heterocycles. The van der Waals surface area contributed by atoms with Crippen LogP contribution in [0.1, 0.15) is 69.9 Å². The fourth-order valence-electron chi connectivity index (χ4n) is 6.20. The van der Waals surface area contributed by atoms with Crippen molar-refractivity contribution in [3.63, 3.8) is 0 Å². The minimum Gasteiger partial charge on any atom is -0.245 e. The number of aryl methyl sites for hydroxylation is 1. The average Bonchev–Trinajstić information content (AvgIpc) is 3.45. The van der Waals surface area contributed by atoms with Crippen LogP contribution in [0, 0.1) is 5.92 Å². The van der Waals surface area contributed by atoms with Gasteiger partial charge in [0.1, 0.15) is 5.52 Å². The third kappa shape index (κ3) is 6.84. The summed E-state index contributed by atoms with van der Waals surface area (Å²) >= 11 is 0. The van der Waals surface area contributed by atoms with Crippen molar-refractivity contribution >= 4 is 16.6 Å². The number of allylic oxidation sites excluding steroid dienone is 6. The lowest BCUT2D eigenvalue weighted by atomic mass is 9.73. The molecule has 1 aliphatic carbocycles. The van der Waals surface area contributed by atoms with Crippen LogP contribution >= 0.6 is 0 Å². The molecule has 3 aromatic carbocycles.